The van der Waals surface area contributed by atoms with Crippen molar-refractivity contribution in [3.63, 3.8) is 0 Å². The van der Waals surface area contributed by atoms with Crippen LogP contribution < -0.4 is 5.32 Å². The summed E-state index contributed by atoms with van der Waals surface area (Å²) in [6.45, 7) is 10.0. The lowest BCUT2D eigenvalue weighted by atomic mass is 10.1. The molecule has 3 nitrogen and oxygen atoms in total. The van der Waals surface area contributed by atoms with Gasteiger partial charge in [0.15, 0.2) is 0 Å². The first-order valence-electron chi connectivity index (χ1n) is 7.59. The van der Waals surface area contributed by atoms with E-state index in [-0.39, 0.29) is 0 Å². The number of nitrogens with one attached hydrogen (secondary N) is 1. The number of benzene rings is 1. The van der Waals surface area contributed by atoms with Crippen molar-refractivity contribution in [1.82, 2.24) is 9.88 Å². The number of methoxy groups -OCH3 is 1. The molecule has 0 aliphatic heterocycles. The number of hydrogen-bond donors (Lipinski definition) is 1. The zero-order chi connectivity index (χ0) is 15.2. The van der Waals surface area contributed by atoms with Gasteiger partial charge in [-0.1, -0.05) is 24.3 Å². The van der Waals surface area contributed by atoms with E-state index in [9.17, 15) is 0 Å². The molecule has 1 N–H and O–H groups in total. The summed E-state index contributed by atoms with van der Waals surface area (Å²) in [5.41, 5.74) is 6.66. The number of ether oxygens (including phenoxy) is 1. The van der Waals surface area contributed by atoms with Crippen LogP contribution in [0, 0.1) is 13.8 Å². The van der Waals surface area contributed by atoms with Gasteiger partial charge in [-0.2, -0.15) is 0 Å². The normalized spacial score (nSPS) is 11.0. The molecule has 0 bridgehead atoms. The molecule has 0 saturated heterocycles. The molecular weight excluding hydrogens is 260 g/mol. The van der Waals surface area contributed by atoms with Crippen LogP contribution in [-0.4, -0.2) is 11.7 Å². The Hall–Kier alpha value is -1.58. The van der Waals surface area contributed by atoms with E-state index in [1.54, 1.807) is 7.11 Å². The average Bonchev–Trinajstić information content (AvgIpc) is 2.75. The maximum absolute atomic E-state index is 5.25. The van der Waals surface area contributed by atoms with E-state index in [4.69, 9.17) is 4.74 Å². The topological polar surface area (TPSA) is 26.2 Å². The zero-order valence-electron chi connectivity index (χ0n) is 13.6. The SMILES string of the molecule is CCn1c(C)cc(CNCc2ccccc2COC)c1C. The van der Waals surface area contributed by atoms with Gasteiger partial charge in [0.2, 0.25) is 0 Å². The van der Waals surface area contributed by atoms with Crippen molar-refractivity contribution < 1.29 is 4.74 Å². The first-order valence-corrected chi connectivity index (χ1v) is 7.59. The van der Waals surface area contributed by atoms with Crippen LogP contribution in [0.2, 0.25) is 0 Å². The van der Waals surface area contributed by atoms with E-state index in [1.165, 1.54) is 28.1 Å². The predicted octanol–water partition coefficient (Wildman–Crippen LogP) is 3.56. The molecule has 0 amide bonds. The second kappa shape index (κ2) is 7.43. The van der Waals surface area contributed by atoms with Crippen molar-refractivity contribution in [2.75, 3.05) is 7.11 Å². The van der Waals surface area contributed by atoms with Crippen LogP contribution in [0.4, 0.5) is 0 Å². The van der Waals surface area contributed by atoms with Crippen molar-refractivity contribution in [3.8, 4) is 0 Å². The summed E-state index contributed by atoms with van der Waals surface area (Å²) in [6.07, 6.45) is 0. The van der Waals surface area contributed by atoms with Gasteiger partial charge >= 0.3 is 0 Å². The van der Waals surface area contributed by atoms with E-state index in [1.807, 2.05) is 0 Å². The van der Waals surface area contributed by atoms with E-state index in [0.717, 1.165) is 19.6 Å². The van der Waals surface area contributed by atoms with Crippen LogP contribution in [0.5, 0.6) is 0 Å². The maximum atomic E-state index is 5.25. The number of hydrogen-bond acceptors (Lipinski definition) is 2. The number of aryl methyl sites for hydroxylation is 1. The number of aromatic nitrogens is 1. The van der Waals surface area contributed by atoms with Crippen LogP contribution in [-0.2, 0) is 31.0 Å². The Balaban J connectivity index is 1.99. The minimum atomic E-state index is 0.669. The molecule has 114 valence electrons. The summed E-state index contributed by atoms with van der Waals surface area (Å²) < 4.78 is 7.61. The van der Waals surface area contributed by atoms with Crippen LogP contribution in [0.3, 0.4) is 0 Å². The van der Waals surface area contributed by atoms with Crippen molar-refractivity contribution in [1.29, 1.82) is 0 Å². The minimum absolute atomic E-state index is 0.669. The van der Waals surface area contributed by atoms with Gasteiger partial charge in [-0.3, -0.25) is 0 Å². The molecule has 3 heteroatoms. The molecule has 0 radical (unpaired) electrons. The van der Waals surface area contributed by atoms with Crippen LogP contribution in [0.25, 0.3) is 0 Å². The van der Waals surface area contributed by atoms with Gasteiger partial charge in [-0.15, -0.1) is 0 Å². The third kappa shape index (κ3) is 3.74. The van der Waals surface area contributed by atoms with Gasteiger partial charge < -0.3 is 14.6 Å². The fourth-order valence-corrected chi connectivity index (χ4v) is 2.90. The summed E-state index contributed by atoms with van der Waals surface area (Å²) in [6, 6.07) is 10.7. The first kappa shape index (κ1) is 15.8. The molecule has 0 saturated carbocycles. The van der Waals surface area contributed by atoms with Crippen molar-refractivity contribution in [2.24, 2.45) is 0 Å². The highest BCUT2D eigenvalue weighted by Crippen LogP contribution is 2.15. The van der Waals surface area contributed by atoms with E-state index < -0.39 is 0 Å². The third-order valence-corrected chi connectivity index (χ3v) is 4.04. The molecule has 0 atom stereocenters. The van der Waals surface area contributed by atoms with Crippen molar-refractivity contribution in [3.05, 3.63) is 58.4 Å². The highest BCUT2D eigenvalue weighted by atomic mass is 16.5. The Morgan fingerprint density at radius 3 is 2.33 bits per heavy atom. The molecule has 1 aromatic carbocycles. The minimum Gasteiger partial charge on any atom is -0.380 e. The predicted molar refractivity (Wildman–Crippen MR) is 87.3 cm³/mol. The summed E-state index contributed by atoms with van der Waals surface area (Å²) in [7, 11) is 1.74. The van der Waals surface area contributed by atoms with Crippen LogP contribution in [0.1, 0.15) is 35.0 Å². The summed E-state index contributed by atoms with van der Waals surface area (Å²) >= 11 is 0. The highest BCUT2D eigenvalue weighted by Gasteiger charge is 2.07. The Morgan fingerprint density at radius 2 is 1.71 bits per heavy atom. The van der Waals surface area contributed by atoms with Gasteiger partial charge in [-0.25, -0.2) is 0 Å². The molecule has 0 aliphatic carbocycles. The molecular formula is C18H26N2O. The van der Waals surface area contributed by atoms with E-state index in [2.05, 4.69) is 61.0 Å². The smallest absolute Gasteiger partial charge is 0.0716 e. The standard InChI is InChI=1S/C18H26N2O/c1-5-20-14(2)10-18(15(20)3)12-19-11-16-8-6-7-9-17(16)13-21-4/h6-10,19H,5,11-13H2,1-4H3. The molecule has 2 aromatic rings. The summed E-state index contributed by atoms with van der Waals surface area (Å²) in [5.74, 6) is 0. The third-order valence-electron chi connectivity index (χ3n) is 4.04. The van der Waals surface area contributed by atoms with Gasteiger partial charge in [0.25, 0.3) is 0 Å². The van der Waals surface area contributed by atoms with Gasteiger partial charge in [-0.05, 0) is 43.5 Å². The van der Waals surface area contributed by atoms with Crippen LogP contribution in [0.15, 0.2) is 30.3 Å². The average molecular weight is 286 g/mol. The fraction of sp³-hybridized carbons (Fsp3) is 0.444. The Morgan fingerprint density at radius 1 is 1.05 bits per heavy atom. The molecule has 1 aromatic heterocycles. The lowest BCUT2D eigenvalue weighted by Crippen LogP contribution is -2.14. The quantitative estimate of drug-likeness (QED) is 0.842. The van der Waals surface area contributed by atoms with E-state index >= 15 is 0 Å². The Bertz CT molecular complexity index is 587. The van der Waals surface area contributed by atoms with Gasteiger partial charge in [0.05, 0.1) is 6.61 Å². The van der Waals surface area contributed by atoms with Crippen molar-refractivity contribution >= 4 is 0 Å². The molecule has 0 aliphatic rings. The molecule has 1 heterocycles. The molecule has 0 fully saturated rings. The van der Waals surface area contributed by atoms with Gasteiger partial charge in [0.1, 0.15) is 0 Å². The van der Waals surface area contributed by atoms with E-state index in [0.29, 0.717) is 6.61 Å². The second-order valence-electron chi connectivity index (χ2n) is 5.45. The molecule has 0 unspecified atom stereocenters. The maximum Gasteiger partial charge on any atom is 0.0716 e. The molecule has 21 heavy (non-hydrogen) atoms. The lowest BCUT2D eigenvalue weighted by Gasteiger charge is -2.10. The number of rotatable bonds is 7. The van der Waals surface area contributed by atoms with Crippen molar-refractivity contribution in [2.45, 2.75) is 47.0 Å². The fourth-order valence-electron chi connectivity index (χ4n) is 2.90. The Labute approximate surface area is 127 Å². The summed E-state index contributed by atoms with van der Waals surface area (Å²) in [4.78, 5) is 0. The monoisotopic (exact) mass is 286 g/mol. The Kier molecular flexibility index (Phi) is 5.59. The lowest BCUT2D eigenvalue weighted by molar-refractivity contribution is 0.184. The largest absolute Gasteiger partial charge is 0.380 e. The summed E-state index contributed by atoms with van der Waals surface area (Å²) in [5, 5.41) is 3.55. The van der Waals surface area contributed by atoms with Gasteiger partial charge in [0, 0.05) is 38.1 Å². The zero-order valence-corrected chi connectivity index (χ0v) is 13.6. The van der Waals surface area contributed by atoms with Crippen LogP contribution >= 0.6 is 0 Å². The first-order chi connectivity index (χ1) is 10.2. The number of nitrogens with zero attached hydrogens (tertiary/aromatic N) is 1. The highest BCUT2D eigenvalue weighted by molar-refractivity contribution is 5.28. The second-order valence-corrected chi connectivity index (χ2v) is 5.45. The molecule has 0 spiro atoms. The molecule has 2 rings (SSSR count).